The van der Waals surface area contributed by atoms with Crippen LogP contribution >= 0.6 is 0 Å². The molecule has 0 N–H and O–H groups in total. The van der Waals surface area contributed by atoms with Crippen LogP contribution in [0.2, 0.25) is 0 Å². The van der Waals surface area contributed by atoms with Gasteiger partial charge in [-0.15, -0.1) is 0 Å². The van der Waals surface area contributed by atoms with E-state index in [0.717, 1.165) is 32.3 Å². The summed E-state index contributed by atoms with van der Waals surface area (Å²) in [5.41, 5.74) is 4.49. The van der Waals surface area contributed by atoms with E-state index in [2.05, 4.69) is 6.07 Å². The minimum atomic E-state index is -0.442. The van der Waals surface area contributed by atoms with Gasteiger partial charge < -0.3 is 13.7 Å². The van der Waals surface area contributed by atoms with Crippen LogP contribution in [0.4, 0.5) is 17.1 Å². The third-order valence-corrected chi connectivity index (χ3v) is 10.2. The molecule has 55 heavy (non-hydrogen) atoms. The highest BCUT2D eigenvalue weighted by atomic mass is 16.3. The van der Waals surface area contributed by atoms with Crippen LogP contribution in [-0.4, -0.2) is 0 Å². The second-order valence-corrected chi connectivity index (χ2v) is 13.4. The molecule has 0 bridgehead atoms. The third-order valence-electron chi connectivity index (χ3n) is 10.2. The van der Waals surface area contributed by atoms with Crippen molar-refractivity contribution in [2.75, 3.05) is 4.90 Å². The fourth-order valence-corrected chi connectivity index (χ4v) is 7.60. The summed E-state index contributed by atoms with van der Waals surface area (Å²) in [6.45, 7) is 0. The van der Waals surface area contributed by atoms with E-state index in [0.29, 0.717) is 50.3 Å². The standard InChI is InChI=1S/C52H33NO2/c1-2-11-34(12-3-1)35-21-27-39(28-22-35)53(40-29-23-36(24-30-40)38-26-31-44-43-16-7-9-20-49(43)54-50(44)33-38)48-19-8-6-15-42(48)45-17-10-18-46-47-32-25-37-13-4-5-14-41(37)51(47)55-52(45)46/h1-33H/i21D,22D,23D,24D,27D,28D,29D,30D. The van der Waals surface area contributed by atoms with E-state index in [1.807, 2.05) is 91.0 Å². The minimum Gasteiger partial charge on any atom is -0.456 e. The molecule has 9 aromatic carbocycles. The lowest BCUT2D eigenvalue weighted by Gasteiger charge is -2.28. The average molecular weight is 712 g/mol. The zero-order valence-corrected chi connectivity index (χ0v) is 29.2. The highest BCUT2D eigenvalue weighted by molar-refractivity contribution is 6.17. The van der Waals surface area contributed by atoms with Crippen LogP contribution < -0.4 is 4.90 Å². The Bertz CT molecular complexity index is 3630. The van der Waals surface area contributed by atoms with Crippen molar-refractivity contribution in [3.63, 3.8) is 0 Å². The quantitative estimate of drug-likeness (QED) is 0.172. The molecule has 0 saturated heterocycles. The number of para-hydroxylation sites is 3. The number of fused-ring (bicyclic) bond motifs is 8. The van der Waals surface area contributed by atoms with Gasteiger partial charge in [-0.2, -0.15) is 0 Å². The Kier molecular flexibility index (Phi) is 5.53. The summed E-state index contributed by atoms with van der Waals surface area (Å²) >= 11 is 0. The molecule has 3 nitrogen and oxygen atoms in total. The maximum absolute atomic E-state index is 9.69. The number of anilines is 3. The van der Waals surface area contributed by atoms with E-state index in [4.69, 9.17) is 8.83 Å². The van der Waals surface area contributed by atoms with Crippen LogP contribution in [0.1, 0.15) is 11.0 Å². The second kappa shape index (κ2) is 12.6. The van der Waals surface area contributed by atoms with Gasteiger partial charge in [0.1, 0.15) is 22.3 Å². The monoisotopic (exact) mass is 711 g/mol. The molecule has 0 atom stereocenters. The van der Waals surface area contributed by atoms with Crippen molar-refractivity contribution in [3.05, 3.63) is 200 Å². The lowest BCUT2D eigenvalue weighted by Crippen LogP contribution is -2.11. The predicted molar refractivity (Wildman–Crippen MR) is 229 cm³/mol. The Balaban J connectivity index is 1.19. The number of nitrogens with zero attached hydrogens (tertiary/aromatic N) is 1. The number of rotatable bonds is 6. The Morgan fingerprint density at radius 3 is 1.78 bits per heavy atom. The summed E-state index contributed by atoms with van der Waals surface area (Å²) in [4.78, 5) is 1.36. The van der Waals surface area contributed by atoms with Gasteiger partial charge in [-0.1, -0.05) is 145 Å². The molecule has 258 valence electrons. The first-order valence-electron chi connectivity index (χ1n) is 22.0. The van der Waals surface area contributed by atoms with E-state index in [-0.39, 0.29) is 46.7 Å². The summed E-state index contributed by atoms with van der Waals surface area (Å²) in [5, 5.41) is 5.47. The number of hydrogen-bond acceptors (Lipinski definition) is 3. The summed E-state index contributed by atoms with van der Waals surface area (Å²) in [7, 11) is 0. The van der Waals surface area contributed by atoms with E-state index in [9.17, 15) is 11.0 Å². The molecule has 2 aromatic heterocycles. The third kappa shape index (κ3) is 5.20. The number of hydrogen-bond donors (Lipinski definition) is 0. The molecule has 11 rings (SSSR count). The van der Waals surface area contributed by atoms with Crippen LogP contribution in [0.3, 0.4) is 0 Å². The molecule has 0 radical (unpaired) electrons. The Morgan fingerprint density at radius 1 is 0.364 bits per heavy atom. The topological polar surface area (TPSA) is 29.5 Å². The first-order chi connectivity index (χ1) is 30.6. The highest BCUT2D eigenvalue weighted by Gasteiger charge is 2.21. The van der Waals surface area contributed by atoms with Gasteiger partial charge in [0, 0.05) is 49.4 Å². The van der Waals surface area contributed by atoms with Crippen molar-refractivity contribution in [1.29, 1.82) is 0 Å². The van der Waals surface area contributed by atoms with Gasteiger partial charge in [0.05, 0.1) is 16.7 Å². The molecule has 3 heteroatoms. The largest absolute Gasteiger partial charge is 0.456 e. The van der Waals surface area contributed by atoms with Crippen molar-refractivity contribution in [3.8, 4) is 33.4 Å². The Hall–Kier alpha value is -7.36. The second-order valence-electron chi connectivity index (χ2n) is 13.4. The summed E-state index contributed by atoms with van der Waals surface area (Å²) in [5.74, 6) is 0. The molecule has 11 aromatic rings. The lowest BCUT2D eigenvalue weighted by atomic mass is 9.98. The summed E-state index contributed by atoms with van der Waals surface area (Å²) < 4.78 is 89.1. The average Bonchev–Trinajstić information content (AvgIpc) is 3.89. The van der Waals surface area contributed by atoms with Crippen molar-refractivity contribution in [1.82, 2.24) is 0 Å². The molecule has 0 fully saturated rings. The lowest BCUT2D eigenvalue weighted by molar-refractivity contribution is 0.669. The SMILES string of the molecule is [2H]c1c([2H])c(N(c2ccccc2-c2cccc3c2oc2c4ccccc4ccc32)c2c([2H])c([2H])c(-c3ccc4c(c3)oc3ccccc34)c([2H])c2[2H])c([2H])c([2H])c1-c1ccccc1. The molecule has 0 amide bonds. The molecule has 0 unspecified atom stereocenters. The molecule has 0 aliphatic rings. The van der Waals surface area contributed by atoms with Crippen LogP contribution in [-0.2, 0) is 0 Å². The van der Waals surface area contributed by atoms with E-state index in [1.54, 1.807) is 54.6 Å². The molecular formula is C52H33NO2. The summed E-state index contributed by atoms with van der Waals surface area (Å²) in [6, 6.07) is 43.6. The molecular weight excluding hydrogens is 671 g/mol. The van der Waals surface area contributed by atoms with Crippen molar-refractivity contribution >= 4 is 71.7 Å². The van der Waals surface area contributed by atoms with Gasteiger partial charge in [0.25, 0.3) is 0 Å². The molecule has 2 heterocycles. The first kappa shape index (κ1) is 24.1. The first-order valence-corrected chi connectivity index (χ1v) is 18.0. The van der Waals surface area contributed by atoms with Crippen molar-refractivity contribution < 1.29 is 19.8 Å². The highest BCUT2D eigenvalue weighted by Crippen LogP contribution is 2.45. The Labute approximate surface area is 329 Å². The smallest absolute Gasteiger partial charge is 0.143 e. The summed E-state index contributed by atoms with van der Waals surface area (Å²) in [6.07, 6.45) is 0. The van der Waals surface area contributed by atoms with E-state index in [1.165, 1.54) is 4.90 Å². The van der Waals surface area contributed by atoms with E-state index >= 15 is 0 Å². The Morgan fingerprint density at radius 2 is 0.964 bits per heavy atom. The fourth-order valence-electron chi connectivity index (χ4n) is 7.60. The maximum Gasteiger partial charge on any atom is 0.143 e. The molecule has 0 aliphatic heterocycles. The van der Waals surface area contributed by atoms with Gasteiger partial charge in [-0.3, -0.25) is 0 Å². The van der Waals surface area contributed by atoms with E-state index < -0.39 is 24.2 Å². The number of benzene rings is 9. The van der Waals surface area contributed by atoms with Crippen LogP contribution in [0.5, 0.6) is 0 Å². The zero-order chi connectivity index (χ0) is 43.3. The fraction of sp³-hybridized carbons (Fsp3) is 0. The zero-order valence-electron chi connectivity index (χ0n) is 37.2. The number of furan rings is 2. The maximum atomic E-state index is 9.69. The minimum absolute atomic E-state index is 0.0441. The van der Waals surface area contributed by atoms with Crippen LogP contribution in [0, 0.1) is 0 Å². The van der Waals surface area contributed by atoms with Crippen LogP contribution in [0.15, 0.2) is 209 Å². The molecule has 0 spiro atoms. The normalized spacial score (nSPS) is 13.7. The van der Waals surface area contributed by atoms with Gasteiger partial charge in [-0.05, 0) is 82.1 Å². The van der Waals surface area contributed by atoms with Crippen molar-refractivity contribution in [2.45, 2.75) is 0 Å². The predicted octanol–water partition coefficient (Wildman–Crippen LogP) is 15.1. The van der Waals surface area contributed by atoms with Gasteiger partial charge in [-0.25, -0.2) is 0 Å². The van der Waals surface area contributed by atoms with Gasteiger partial charge in [0.2, 0.25) is 0 Å². The van der Waals surface area contributed by atoms with Crippen LogP contribution in [0.25, 0.3) is 88.0 Å². The molecule has 0 saturated carbocycles. The van der Waals surface area contributed by atoms with Gasteiger partial charge in [0.15, 0.2) is 0 Å². The van der Waals surface area contributed by atoms with Crippen molar-refractivity contribution in [2.24, 2.45) is 0 Å². The molecule has 0 aliphatic carbocycles. The van der Waals surface area contributed by atoms with Gasteiger partial charge >= 0.3 is 0 Å².